The molecule has 0 unspecified atom stereocenters. The fourth-order valence-corrected chi connectivity index (χ4v) is 7.37. The molecule has 0 N–H and O–H groups in total. The minimum atomic E-state index is -0.566. The van der Waals surface area contributed by atoms with Crippen LogP contribution in [-0.2, 0) is 14.3 Å². The molecule has 0 radical (unpaired) electrons. The minimum Gasteiger partial charge on any atom is -0.444 e. The van der Waals surface area contributed by atoms with Crippen LogP contribution in [0.1, 0.15) is 96.2 Å². The highest BCUT2D eigenvalue weighted by Gasteiger charge is 2.47. The second-order valence-electron chi connectivity index (χ2n) is 13.9. The number of hydrogen-bond donors (Lipinski definition) is 0. The number of pyridine rings is 1. The fraction of sp³-hybridized carbons (Fsp3) is 0.444. The summed E-state index contributed by atoms with van der Waals surface area (Å²) in [4.78, 5) is 52.7. The molecule has 46 heavy (non-hydrogen) atoms. The van der Waals surface area contributed by atoms with Gasteiger partial charge in [-0.25, -0.2) is 14.7 Å². The lowest BCUT2D eigenvalue weighted by atomic mass is 9.85. The van der Waals surface area contributed by atoms with E-state index in [-0.39, 0.29) is 41.8 Å². The molecule has 3 amide bonds. The van der Waals surface area contributed by atoms with Gasteiger partial charge in [-0.3, -0.25) is 14.6 Å². The summed E-state index contributed by atoms with van der Waals surface area (Å²) in [5.41, 5.74) is 5.36. The Morgan fingerprint density at radius 1 is 0.848 bits per heavy atom. The van der Waals surface area contributed by atoms with E-state index < -0.39 is 5.60 Å². The topological polar surface area (TPSA) is 110 Å². The first-order valence-corrected chi connectivity index (χ1v) is 16.3. The van der Waals surface area contributed by atoms with Gasteiger partial charge < -0.3 is 9.64 Å². The van der Waals surface area contributed by atoms with Gasteiger partial charge in [0.15, 0.2) is 11.5 Å². The number of nitrogens with zero attached hydrogens (tertiary/aromatic N) is 6. The molecule has 5 heterocycles. The standard InChI is InChI=1S/C36H40N6O4/c1-21(43)40(22(2)44)34-31(24-11-12-24)32(26-17-27-14-15-28(18-26)41(27)35(45)46-36(3,4)5)39-33-29(20-38-42(33)34)25-13-16-30(37-19-25)23-9-7-6-8-10-23/h6-10,13,16,19-20,24,26-28H,11-12,14-15,17-18H2,1-5H3/t26-,27-,28+. The second kappa shape index (κ2) is 11.3. The number of rotatable bonds is 5. The fourth-order valence-electron chi connectivity index (χ4n) is 7.37. The Morgan fingerprint density at radius 2 is 1.52 bits per heavy atom. The minimum absolute atomic E-state index is 0.0444. The monoisotopic (exact) mass is 620 g/mol. The van der Waals surface area contributed by atoms with Crippen LogP contribution in [0.3, 0.4) is 0 Å². The number of benzene rings is 1. The summed E-state index contributed by atoms with van der Waals surface area (Å²) >= 11 is 0. The maximum absolute atomic E-state index is 13.2. The molecule has 2 bridgehead atoms. The average Bonchev–Trinajstić information content (AvgIpc) is 3.70. The van der Waals surface area contributed by atoms with Crippen molar-refractivity contribution < 1.29 is 19.1 Å². The molecular weight excluding hydrogens is 580 g/mol. The number of aromatic nitrogens is 4. The Labute approximate surface area is 268 Å². The van der Waals surface area contributed by atoms with E-state index in [1.54, 1.807) is 10.7 Å². The number of ether oxygens (including phenoxy) is 1. The quantitative estimate of drug-likeness (QED) is 0.239. The first-order valence-electron chi connectivity index (χ1n) is 16.3. The van der Waals surface area contributed by atoms with Crippen LogP contribution < -0.4 is 4.90 Å². The van der Waals surface area contributed by atoms with E-state index in [2.05, 4.69) is 0 Å². The number of carbonyl (C=O) groups is 3. The van der Waals surface area contributed by atoms with E-state index in [9.17, 15) is 14.4 Å². The molecule has 2 aliphatic heterocycles. The largest absolute Gasteiger partial charge is 0.444 e. The molecule has 7 rings (SSSR count). The summed E-state index contributed by atoms with van der Waals surface area (Å²) in [7, 11) is 0. The molecule has 1 saturated carbocycles. The summed E-state index contributed by atoms with van der Waals surface area (Å²) in [5, 5.41) is 4.74. The predicted molar refractivity (Wildman–Crippen MR) is 174 cm³/mol. The zero-order valence-corrected chi connectivity index (χ0v) is 27.1. The lowest BCUT2D eigenvalue weighted by Crippen LogP contribution is -2.48. The highest BCUT2D eigenvalue weighted by atomic mass is 16.6. The lowest BCUT2D eigenvalue weighted by Gasteiger charge is -2.40. The summed E-state index contributed by atoms with van der Waals surface area (Å²) in [6.45, 7) is 8.52. The van der Waals surface area contributed by atoms with Gasteiger partial charge in [0.25, 0.3) is 0 Å². The van der Waals surface area contributed by atoms with E-state index in [4.69, 9.17) is 19.8 Å². The number of imide groups is 1. The molecule has 3 aromatic heterocycles. The van der Waals surface area contributed by atoms with Gasteiger partial charge in [0.1, 0.15) is 5.60 Å². The van der Waals surface area contributed by atoms with E-state index in [1.165, 1.54) is 18.7 Å². The SMILES string of the molecule is CC(=O)N(C(C)=O)c1c(C2CC2)c([C@@H]2C[C@H]3CC[C@@H](C2)N3C(=O)OC(C)(C)C)nc2c(-c3ccc(-c4ccccc4)nc3)cnn12. The molecule has 3 aliphatic rings. The van der Waals surface area contributed by atoms with Gasteiger partial charge in [-0.05, 0) is 71.3 Å². The lowest BCUT2D eigenvalue weighted by molar-refractivity contribution is -0.124. The molecule has 1 aliphatic carbocycles. The van der Waals surface area contributed by atoms with Gasteiger partial charge in [-0.15, -0.1) is 0 Å². The van der Waals surface area contributed by atoms with Crippen molar-refractivity contribution >= 4 is 29.4 Å². The van der Waals surface area contributed by atoms with E-state index >= 15 is 0 Å². The Hall–Kier alpha value is -4.60. The van der Waals surface area contributed by atoms with Crippen LogP contribution in [0.2, 0.25) is 0 Å². The zero-order chi connectivity index (χ0) is 32.3. The van der Waals surface area contributed by atoms with Crippen LogP contribution in [0, 0.1) is 0 Å². The number of anilines is 1. The number of amides is 3. The Balaban J connectivity index is 1.35. The highest BCUT2D eigenvalue weighted by molar-refractivity contribution is 6.13. The summed E-state index contributed by atoms with van der Waals surface area (Å²) in [6.07, 6.45) is 8.55. The molecule has 3 fully saturated rings. The van der Waals surface area contributed by atoms with Crippen molar-refractivity contribution in [3.05, 3.63) is 66.1 Å². The van der Waals surface area contributed by atoms with Crippen molar-refractivity contribution in [1.29, 1.82) is 0 Å². The average molecular weight is 621 g/mol. The van der Waals surface area contributed by atoms with Gasteiger partial charge in [-0.1, -0.05) is 36.4 Å². The van der Waals surface area contributed by atoms with Crippen molar-refractivity contribution in [3.63, 3.8) is 0 Å². The first-order chi connectivity index (χ1) is 22.0. The van der Waals surface area contributed by atoms with Crippen LogP contribution >= 0.6 is 0 Å². The van der Waals surface area contributed by atoms with Crippen LogP contribution in [0.25, 0.3) is 28.0 Å². The zero-order valence-electron chi connectivity index (χ0n) is 27.1. The van der Waals surface area contributed by atoms with Crippen molar-refractivity contribution in [2.24, 2.45) is 0 Å². The van der Waals surface area contributed by atoms with E-state index in [1.807, 2.05) is 74.3 Å². The molecule has 1 aromatic carbocycles. The van der Waals surface area contributed by atoms with Crippen LogP contribution in [-0.4, -0.2) is 60.1 Å². The van der Waals surface area contributed by atoms with Crippen molar-refractivity contribution in [1.82, 2.24) is 24.5 Å². The molecule has 10 heteroatoms. The molecule has 4 aromatic rings. The number of piperidine rings is 1. The molecular formula is C36H40N6O4. The molecule has 3 atom stereocenters. The van der Waals surface area contributed by atoms with Crippen molar-refractivity contribution in [2.45, 2.75) is 103 Å². The van der Waals surface area contributed by atoms with Crippen LogP contribution in [0.15, 0.2) is 54.9 Å². The molecule has 238 valence electrons. The first kappa shape index (κ1) is 30.1. The van der Waals surface area contributed by atoms with Gasteiger partial charge >= 0.3 is 6.09 Å². The normalized spacial score (nSPS) is 21.0. The summed E-state index contributed by atoms with van der Waals surface area (Å²) < 4.78 is 7.47. The highest BCUT2D eigenvalue weighted by Crippen LogP contribution is 2.52. The number of hydrogen-bond acceptors (Lipinski definition) is 7. The third-order valence-electron chi connectivity index (χ3n) is 9.38. The number of fused-ring (bicyclic) bond motifs is 3. The Kier molecular flexibility index (Phi) is 7.41. The number of carbonyl (C=O) groups excluding carboxylic acids is 3. The predicted octanol–water partition coefficient (Wildman–Crippen LogP) is 6.88. The van der Waals surface area contributed by atoms with E-state index in [0.29, 0.717) is 11.5 Å². The van der Waals surface area contributed by atoms with Crippen LogP contribution in [0.4, 0.5) is 10.6 Å². The van der Waals surface area contributed by atoms with E-state index in [0.717, 1.165) is 72.2 Å². The molecule has 0 spiro atoms. The Bertz CT molecular complexity index is 1800. The van der Waals surface area contributed by atoms with Gasteiger partial charge in [0, 0.05) is 60.3 Å². The summed E-state index contributed by atoms with van der Waals surface area (Å²) in [6, 6.07) is 14.1. The maximum atomic E-state index is 13.2. The smallest absolute Gasteiger partial charge is 0.410 e. The third kappa shape index (κ3) is 5.43. The summed E-state index contributed by atoms with van der Waals surface area (Å²) in [5.74, 6) is 0.00321. The molecule has 2 saturated heterocycles. The second-order valence-corrected chi connectivity index (χ2v) is 13.9. The third-order valence-corrected chi connectivity index (χ3v) is 9.38. The Morgan fingerprint density at radius 3 is 2.09 bits per heavy atom. The van der Waals surface area contributed by atoms with Gasteiger partial charge in [-0.2, -0.15) is 9.61 Å². The van der Waals surface area contributed by atoms with Gasteiger partial charge in [0.05, 0.1) is 17.6 Å². The van der Waals surface area contributed by atoms with Gasteiger partial charge in [0.2, 0.25) is 11.8 Å². The maximum Gasteiger partial charge on any atom is 0.410 e. The van der Waals surface area contributed by atoms with Crippen molar-refractivity contribution in [3.8, 4) is 22.4 Å². The van der Waals surface area contributed by atoms with Crippen LogP contribution in [0.5, 0.6) is 0 Å². The molecule has 10 nitrogen and oxygen atoms in total. The van der Waals surface area contributed by atoms with Crippen molar-refractivity contribution in [2.75, 3.05) is 4.90 Å².